The summed E-state index contributed by atoms with van der Waals surface area (Å²) >= 11 is 0. The smallest absolute Gasteiger partial charge is 0.282 e. The molecule has 0 bridgehead atoms. The normalized spacial score (nSPS) is 14.7. The van der Waals surface area contributed by atoms with Crippen LogP contribution in [0.2, 0.25) is 0 Å². The Morgan fingerprint density at radius 3 is 2.30 bits per heavy atom. The number of quaternary nitrogens is 1. The lowest BCUT2D eigenvalue weighted by atomic mass is 9.99. The highest BCUT2D eigenvalue weighted by molar-refractivity contribution is 5.98. The van der Waals surface area contributed by atoms with Crippen molar-refractivity contribution in [1.29, 1.82) is 0 Å². The van der Waals surface area contributed by atoms with Crippen LogP contribution in [0.25, 0.3) is 11.3 Å². The molecule has 2 aromatic rings. The number of carbonyl (C=O) groups is 1. The van der Waals surface area contributed by atoms with Crippen molar-refractivity contribution in [3.8, 4) is 23.0 Å². The molecule has 1 unspecified atom stereocenters. The number of ether oxygens (including phenoxy) is 4. The van der Waals surface area contributed by atoms with Gasteiger partial charge >= 0.3 is 0 Å². The number of hydrogen-bond donors (Lipinski definition) is 2. The highest BCUT2D eigenvalue weighted by atomic mass is 35.5. The van der Waals surface area contributed by atoms with Gasteiger partial charge in [-0.15, -0.1) is 0 Å². The summed E-state index contributed by atoms with van der Waals surface area (Å²) in [6.07, 6.45) is 4.91. The van der Waals surface area contributed by atoms with E-state index in [-0.39, 0.29) is 18.3 Å². The molecule has 0 radical (unpaired) electrons. The van der Waals surface area contributed by atoms with Gasteiger partial charge in [-0.1, -0.05) is 6.07 Å². The van der Waals surface area contributed by atoms with Crippen LogP contribution in [0.15, 0.2) is 57.3 Å². The maximum absolute atomic E-state index is 12.9. The fourth-order valence-corrected chi connectivity index (χ4v) is 4.14. The van der Waals surface area contributed by atoms with Gasteiger partial charge in [-0.2, -0.15) is 10.2 Å². The lowest BCUT2D eigenvalue weighted by Gasteiger charge is -2.16. The summed E-state index contributed by atoms with van der Waals surface area (Å²) < 4.78 is 21.9. The van der Waals surface area contributed by atoms with Crippen LogP contribution >= 0.6 is 0 Å². The van der Waals surface area contributed by atoms with E-state index >= 15 is 0 Å². The number of nitrogens with zero attached hydrogens (tertiary/aromatic N) is 3. The van der Waals surface area contributed by atoms with Gasteiger partial charge in [-0.3, -0.25) is 9.79 Å². The second-order valence-corrected chi connectivity index (χ2v) is 8.27. The lowest BCUT2D eigenvalue weighted by molar-refractivity contribution is -0.401. The molecule has 10 nitrogen and oxygen atoms in total. The van der Waals surface area contributed by atoms with Crippen molar-refractivity contribution >= 4 is 29.1 Å². The Hall–Kier alpha value is -3.89. The minimum atomic E-state index is -0.461. The standard InChI is InChI=1S/C26H29N5O5.ClH/c1-33-21-6-5-16(10-20(21)30-26(32)19(27)9-15-7-8-28-13-15)18-14-29-31-24(18)17-11-22(34-2)25(36-4)23(12-17)35-3;/h5-6,8,10-13,19H,7,9,14,27H2,1-4H3,(H,30,32);1H. The van der Waals surface area contributed by atoms with Crippen LogP contribution in [0.5, 0.6) is 23.0 Å². The largest absolute Gasteiger partial charge is 1.00 e. The van der Waals surface area contributed by atoms with E-state index in [1.807, 2.05) is 36.5 Å². The van der Waals surface area contributed by atoms with Crippen molar-refractivity contribution in [2.24, 2.45) is 15.2 Å². The van der Waals surface area contributed by atoms with Crippen molar-refractivity contribution in [3.05, 3.63) is 53.2 Å². The third kappa shape index (κ3) is 5.92. The van der Waals surface area contributed by atoms with Gasteiger partial charge in [0.1, 0.15) is 5.75 Å². The minimum Gasteiger partial charge on any atom is -1.00 e. The van der Waals surface area contributed by atoms with E-state index in [1.54, 1.807) is 34.6 Å². The maximum Gasteiger partial charge on any atom is 0.282 e. The highest BCUT2D eigenvalue weighted by Gasteiger charge is 2.24. The van der Waals surface area contributed by atoms with E-state index in [9.17, 15) is 4.79 Å². The molecule has 0 saturated carbocycles. The molecule has 0 aliphatic carbocycles. The molecule has 1 amide bonds. The number of azo groups is 1. The van der Waals surface area contributed by atoms with Gasteiger partial charge in [0.05, 0.1) is 46.4 Å². The Morgan fingerprint density at radius 2 is 1.70 bits per heavy atom. The van der Waals surface area contributed by atoms with E-state index < -0.39 is 6.04 Å². The van der Waals surface area contributed by atoms with Gasteiger partial charge in [0.25, 0.3) is 5.91 Å². The molecular weight excluding hydrogens is 498 g/mol. The van der Waals surface area contributed by atoms with Crippen LogP contribution < -0.4 is 42.4 Å². The van der Waals surface area contributed by atoms with Gasteiger partial charge < -0.3 is 42.4 Å². The average molecular weight is 528 g/mol. The Morgan fingerprint density at radius 1 is 1.00 bits per heavy atom. The molecule has 196 valence electrons. The van der Waals surface area contributed by atoms with Crippen molar-refractivity contribution < 1.29 is 41.9 Å². The molecule has 0 spiro atoms. The molecule has 2 aromatic carbocycles. The number of amides is 1. The molecule has 1 atom stereocenters. The van der Waals surface area contributed by atoms with E-state index in [0.29, 0.717) is 47.3 Å². The van der Waals surface area contributed by atoms with Gasteiger partial charge in [0.15, 0.2) is 17.5 Å². The fraction of sp³-hybridized carbons (Fsp3) is 0.308. The van der Waals surface area contributed by atoms with Crippen molar-refractivity contribution in [3.63, 3.8) is 0 Å². The summed E-state index contributed by atoms with van der Waals surface area (Å²) in [7, 11) is 6.25. The Balaban J connectivity index is 0.00000380. The predicted molar refractivity (Wildman–Crippen MR) is 137 cm³/mol. The number of aliphatic imine (C=N–C) groups is 1. The van der Waals surface area contributed by atoms with Gasteiger partial charge in [-0.25, -0.2) is 0 Å². The first-order chi connectivity index (χ1) is 17.5. The van der Waals surface area contributed by atoms with Crippen molar-refractivity contribution in [2.45, 2.75) is 18.9 Å². The SMILES string of the molecule is COc1ccc(C2=C(c3cc(OC)c(OC)c(OC)c3)N=NC2)cc1NC(=O)C([NH3+])CC1=CN=CC1.[Cl-]. The summed E-state index contributed by atoms with van der Waals surface area (Å²) in [5.41, 5.74) is 8.86. The molecule has 0 fully saturated rings. The average Bonchev–Trinajstić information content (AvgIpc) is 3.60. The number of benzene rings is 2. The third-order valence-electron chi connectivity index (χ3n) is 6.02. The van der Waals surface area contributed by atoms with Crippen LogP contribution in [0, 0.1) is 0 Å². The third-order valence-corrected chi connectivity index (χ3v) is 6.02. The van der Waals surface area contributed by atoms with Gasteiger partial charge in [-0.05, 0) is 35.4 Å². The number of halogens is 1. The predicted octanol–water partition coefficient (Wildman–Crippen LogP) is 0.357. The van der Waals surface area contributed by atoms with Crippen LogP contribution in [-0.4, -0.2) is 53.1 Å². The van der Waals surface area contributed by atoms with E-state index in [2.05, 4.69) is 26.3 Å². The number of anilines is 1. The maximum atomic E-state index is 12.9. The van der Waals surface area contributed by atoms with Gasteiger partial charge in [0, 0.05) is 36.4 Å². The molecule has 4 N–H and O–H groups in total. The Bertz CT molecular complexity index is 1260. The van der Waals surface area contributed by atoms with Crippen LogP contribution in [0.3, 0.4) is 0 Å². The van der Waals surface area contributed by atoms with E-state index in [1.165, 1.54) is 0 Å². The summed E-state index contributed by atoms with van der Waals surface area (Å²) in [5, 5.41) is 11.6. The second kappa shape index (κ2) is 12.4. The quantitative estimate of drug-likeness (QED) is 0.460. The second-order valence-electron chi connectivity index (χ2n) is 8.27. The van der Waals surface area contributed by atoms with E-state index in [4.69, 9.17) is 18.9 Å². The molecular formula is C26H30ClN5O5. The van der Waals surface area contributed by atoms with Crippen molar-refractivity contribution in [1.82, 2.24) is 0 Å². The minimum absolute atomic E-state index is 0. The molecule has 2 aliphatic rings. The molecule has 2 aliphatic heterocycles. The molecule has 11 heteroatoms. The summed E-state index contributed by atoms with van der Waals surface area (Å²) in [6, 6.07) is 8.81. The topological polar surface area (TPSA) is 131 Å². The highest BCUT2D eigenvalue weighted by Crippen LogP contribution is 2.43. The number of nitrogens with one attached hydrogen (secondary N) is 1. The zero-order valence-corrected chi connectivity index (χ0v) is 22.0. The fourth-order valence-electron chi connectivity index (χ4n) is 4.14. The summed E-state index contributed by atoms with van der Waals surface area (Å²) in [4.78, 5) is 17.0. The summed E-state index contributed by atoms with van der Waals surface area (Å²) in [5.74, 6) is 1.89. The zero-order valence-electron chi connectivity index (χ0n) is 21.2. The molecule has 0 aromatic heterocycles. The molecule has 37 heavy (non-hydrogen) atoms. The first kappa shape index (κ1) is 27.7. The Kier molecular flexibility index (Phi) is 9.26. The monoisotopic (exact) mass is 527 g/mol. The van der Waals surface area contributed by atoms with Crippen LogP contribution in [0.1, 0.15) is 24.0 Å². The van der Waals surface area contributed by atoms with Crippen molar-refractivity contribution in [2.75, 3.05) is 40.3 Å². The number of methoxy groups -OCH3 is 4. The zero-order chi connectivity index (χ0) is 25.7. The number of carbonyl (C=O) groups excluding carboxylic acids is 1. The first-order valence-electron chi connectivity index (χ1n) is 11.4. The van der Waals surface area contributed by atoms with E-state index in [0.717, 1.165) is 28.7 Å². The lowest BCUT2D eigenvalue weighted by Crippen LogP contribution is -3.00. The Labute approximate surface area is 221 Å². The van der Waals surface area contributed by atoms with Crippen LogP contribution in [0.4, 0.5) is 5.69 Å². The number of rotatable bonds is 10. The van der Waals surface area contributed by atoms with Crippen LogP contribution in [-0.2, 0) is 4.79 Å². The number of hydrogen-bond acceptors (Lipinski definition) is 8. The molecule has 4 rings (SSSR count). The molecule has 0 saturated heterocycles. The summed E-state index contributed by atoms with van der Waals surface area (Å²) in [6.45, 7) is 0.387. The molecule has 2 heterocycles. The first-order valence-corrected chi connectivity index (χ1v) is 11.4. The van der Waals surface area contributed by atoms with Gasteiger partial charge in [0.2, 0.25) is 5.75 Å².